The van der Waals surface area contributed by atoms with Gasteiger partial charge in [0.2, 0.25) is 0 Å². The second-order valence-corrected chi connectivity index (χ2v) is 4.13. The Labute approximate surface area is 85.3 Å². The van der Waals surface area contributed by atoms with E-state index in [4.69, 9.17) is 12.2 Å². The molecule has 1 unspecified atom stereocenters. The fourth-order valence-corrected chi connectivity index (χ4v) is 2.15. The molecule has 1 nitrogen and oxygen atoms in total. The Bertz CT molecular complexity index is 380. The molecule has 1 aliphatic carbocycles. The molecule has 1 fully saturated rings. The van der Waals surface area contributed by atoms with Crippen LogP contribution in [0.5, 0.6) is 0 Å². The summed E-state index contributed by atoms with van der Waals surface area (Å²) in [6.45, 7) is 2.07. The minimum absolute atomic E-state index is 0.170. The minimum atomic E-state index is 0.170. The van der Waals surface area contributed by atoms with Crippen LogP contribution in [0.1, 0.15) is 30.9 Å². The van der Waals surface area contributed by atoms with Crippen molar-refractivity contribution in [2.75, 3.05) is 0 Å². The van der Waals surface area contributed by atoms with E-state index in [1.807, 2.05) is 18.2 Å². The Balaban J connectivity index is 2.47. The molecule has 1 aromatic carbocycles. The molecule has 1 atom stereocenters. The van der Waals surface area contributed by atoms with Crippen LogP contribution in [-0.4, -0.2) is 6.04 Å². The number of hydrogen-bond donors (Lipinski definition) is 1. The molecule has 0 amide bonds. The lowest BCUT2D eigenvalue weighted by Gasteiger charge is -2.21. The Kier molecular flexibility index (Phi) is 2.09. The second-order valence-electron chi connectivity index (χ2n) is 4.13. The topological polar surface area (TPSA) is 26.0 Å². The predicted octanol–water partition coefficient (Wildman–Crippen LogP) is 2.05. The van der Waals surface area contributed by atoms with Crippen LogP contribution in [0.4, 0.5) is 0 Å². The van der Waals surface area contributed by atoms with Gasteiger partial charge in [0.05, 0.1) is 0 Å². The number of rotatable bonds is 2. The lowest BCUT2D eigenvalue weighted by Crippen LogP contribution is -2.32. The van der Waals surface area contributed by atoms with Crippen molar-refractivity contribution in [2.45, 2.75) is 31.2 Å². The van der Waals surface area contributed by atoms with Crippen molar-refractivity contribution in [3.63, 3.8) is 0 Å². The van der Waals surface area contributed by atoms with Crippen LogP contribution in [0.3, 0.4) is 0 Å². The summed E-state index contributed by atoms with van der Waals surface area (Å²) in [5.74, 6) is 2.74. The van der Waals surface area contributed by atoms with Crippen LogP contribution in [0.2, 0.25) is 0 Å². The van der Waals surface area contributed by atoms with Gasteiger partial charge in [0.15, 0.2) is 0 Å². The van der Waals surface area contributed by atoms with E-state index < -0.39 is 0 Å². The normalized spacial score (nSPS) is 19.8. The molecule has 2 N–H and O–H groups in total. The fraction of sp³-hybridized carbons (Fsp3) is 0.385. The van der Waals surface area contributed by atoms with Crippen LogP contribution in [0.25, 0.3) is 0 Å². The van der Waals surface area contributed by atoms with Crippen LogP contribution >= 0.6 is 0 Å². The van der Waals surface area contributed by atoms with Crippen molar-refractivity contribution in [1.29, 1.82) is 0 Å². The molecule has 0 heterocycles. The summed E-state index contributed by atoms with van der Waals surface area (Å²) in [4.78, 5) is 0. The van der Waals surface area contributed by atoms with Crippen molar-refractivity contribution in [1.82, 2.24) is 0 Å². The minimum Gasteiger partial charge on any atom is -0.327 e. The molecule has 0 radical (unpaired) electrons. The van der Waals surface area contributed by atoms with Gasteiger partial charge in [-0.3, -0.25) is 0 Å². The predicted molar refractivity (Wildman–Crippen MR) is 58.9 cm³/mol. The first kappa shape index (κ1) is 9.30. The largest absolute Gasteiger partial charge is 0.327 e. The molecule has 1 aliphatic rings. The monoisotopic (exact) mass is 185 g/mol. The second kappa shape index (κ2) is 3.15. The van der Waals surface area contributed by atoms with Gasteiger partial charge in [-0.2, -0.15) is 0 Å². The summed E-state index contributed by atoms with van der Waals surface area (Å²) in [6.07, 6.45) is 7.82. The quantitative estimate of drug-likeness (QED) is 0.701. The van der Waals surface area contributed by atoms with Gasteiger partial charge in [-0.15, -0.1) is 6.42 Å². The van der Waals surface area contributed by atoms with Gasteiger partial charge >= 0.3 is 0 Å². The molecule has 14 heavy (non-hydrogen) atoms. The van der Waals surface area contributed by atoms with Gasteiger partial charge in [0, 0.05) is 17.0 Å². The molecule has 0 spiro atoms. The van der Waals surface area contributed by atoms with E-state index >= 15 is 0 Å². The smallest absolute Gasteiger partial charge is 0.0280 e. The Morgan fingerprint density at radius 2 is 2.07 bits per heavy atom. The number of terminal acetylenes is 1. The third-order valence-electron chi connectivity index (χ3n) is 3.28. The third kappa shape index (κ3) is 1.23. The van der Waals surface area contributed by atoms with Gasteiger partial charge < -0.3 is 5.73 Å². The Morgan fingerprint density at radius 3 is 2.57 bits per heavy atom. The molecule has 0 bridgehead atoms. The van der Waals surface area contributed by atoms with E-state index in [0.717, 1.165) is 5.56 Å². The summed E-state index contributed by atoms with van der Waals surface area (Å²) in [7, 11) is 0. The van der Waals surface area contributed by atoms with Crippen molar-refractivity contribution in [3.8, 4) is 12.3 Å². The van der Waals surface area contributed by atoms with E-state index in [1.54, 1.807) is 0 Å². The molecular formula is C13H15N. The summed E-state index contributed by atoms with van der Waals surface area (Å²) in [5.41, 5.74) is 8.45. The van der Waals surface area contributed by atoms with Crippen molar-refractivity contribution in [3.05, 3.63) is 35.4 Å². The van der Waals surface area contributed by atoms with Gasteiger partial charge in [0.1, 0.15) is 0 Å². The summed E-state index contributed by atoms with van der Waals surface area (Å²) < 4.78 is 0. The average Bonchev–Trinajstić information content (AvgIpc) is 2.98. The molecule has 0 aromatic heterocycles. The van der Waals surface area contributed by atoms with E-state index in [9.17, 15) is 0 Å². The molecule has 0 saturated heterocycles. The number of nitrogens with two attached hydrogens (primary N) is 1. The molecule has 1 heteroatoms. The number of benzene rings is 1. The first-order valence-corrected chi connectivity index (χ1v) is 5.02. The van der Waals surface area contributed by atoms with E-state index in [0.29, 0.717) is 0 Å². The van der Waals surface area contributed by atoms with E-state index in [2.05, 4.69) is 18.9 Å². The summed E-state index contributed by atoms with van der Waals surface area (Å²) in [6, 6.07) is 8.33. The maximum absolute atomic E-state index is 6.02. The Morgan fingerprint density at radius 1 is 1.43 bits per heavy atom. The van der Waals surface area contributed by atoms with Crippen molar-refractivity contribution in [2.24, 2.45) is 5.73 Å². The standard InChI is InChI=1S/C13H15N/c1-3-11-6-4-5-7-12(11)13(8-9-13)10(2)14/h1,4-7,10H,8-9,14H2,2H3. The summed E-state index contributed by atoms with van der Waals surface area (Å²) >= 11 is 0. The number of hydrogen-bond acceptors (Lipinski definition) is 1. The van der Waals surface area contributed by atoms with Gasteiger partial charge in [0.25, 0.3) is 0 Å². The summed E-state index contributed by atoms with van der Waals surface area (Å²) in [5, 5.41) is 0. The first-order valence-electron chi connectivity index (χ1n) is 5.02. The lowest BCUT2D eigenvalue weighted by atomic mass is 9.86. The lowest BCUT2D eigenvalue weighted by molar-refractivity contribution is 0.555. The highest BCUT2D eigenvalue weighted by molar-refractivity contribution is 5.47. The molecule has 2 rings (SSSR count). The molecule has 1 saturated carbocycles. The molecule has 1 aromatic rings. The Hall–Kier alpha value is -1.26. The van der Waals surface area contributed by atoms with Gasteiger partial charge in [-0.25, -0.2) is 0 Å². The maximum Gasteiger partial charge on any atom is 0.0280 e. The molecule has 72 valence electrons. The SMILES string of the molecule is C#Cc1ccccc1C1(C(C)N)CC1. The highest BCUT2D eigenvalue weighted by Gasteiger charge is 2.48. The maximum atomic E-state index is 6.02. The zero-order valence-electron chi connectivity index (χ0n) is 8.46. The zero-order valence-corrected chi connectivity index (χ0v) is 8.46. The van der Waals surface area contributed by atoms with Crippen LogP contribution in [0.15, 0.2) is 24.3 Å². The van der Waals surface area contributed by atoms with E-state index in [-0.39, 0.29) is 11.5 Å². The zero-order chi connectivity index (χ0) is 10.2. The van der Waals surface area contributed by atoms with Crippen LogP contribution in [-0.2, 0) is 5.41 Å². The van der Waals surface area contributed by atoms with Gasteiger partial charge in [-0.05, 0) is 31.4 Å². The molecular weight excluding hydrogens is 170 g/mol. The van der Waals surface area contributed by atoms with Crippen LogP contribution in [0, 0.1) is 12.3 Å². The van der Waals surface area contributed by atoms with Gasteiger partial charge in [-0.1, -0.05) is 24.1 Å². The molecule has 0 aliphatic heterocycles. The first-order chi connectivity index (χ1) is 6.70. The highest BCUT2D eigenvalue weighted by atomic mass is 14.7. The van der Waals surface area contributed by atoms with Crippen LogP contribution < -0.4 is 5.73 Å². The third-order valence-corrected chi connectivity index (χ3v) is 3.28. The fourth-order valence-electron chi connectivity index (χ4n) is 2.15. The average molecular weight is 185 g/mol. The van der Waals surface area contributed by atoms with Crippen molar-refractivity contribution < 1.29 is 0 Å². The van der Waals surface area contributed by atoms with E-state index in [1.165, 1.54) is 18.4 Å². The highest BCUT2D eigenvalue weighted by Crippen LogP contribution is 2.51. The van der Waals surface area contributed by atoms with Crippen molar-refractivity contribution >= 4 is 0 Å².